The minimum Gasteiger partial charge on any atom is -0.392 e. The molecule has 0 saturated heterocycles. The molecule has 0 heterocycles. The maximum Gasteiger partial charge on any atom is 0.226 e. The average Bonchev–Trinajstić information content (AvgIpc) is 2.83. The van der Waals surface area contributed by atoms with Crippen LogP contribution in [-0.2, 0) is 14.4 Å². The van der Waals surface area contributed by atoms with Crippen LogP contribution in [-0.4, -0.2) is 48.6 Å². The fourth-order valence-electron chi connectivity index (χ4n) is 4.92. The molecule has 4 unspecified atom stereocenters. The van der Waals surface area contributed by atoms with Crippen molar-refractivity contribution in [1.29, 1.82) is 10.5 Å². The predicted octanol–water partition coefficient (Wildman–Crippen LogP) is 2.50. The van der Waals surface area contributed by atoms with Crippen LogP contribution in [0.25, 0.3) is 0 Å². The summed E-state index contributed by atoms with van der Waals surface area (Å²) < 4.78 is 0. The first-order chi connectivity index (χ1) is 17.3. The van der Waals surface area contributed by atoms with Crippen molar-refractivity contribution in [2.75, 3.05) is 19.6 Å². The number of amides is 3. The number of primary amides is 1. The first-order valence-electron chi connectivity index (χ1n) is 13.3. The summed E-state index contributed by atoms with van der Waals surface area (Å²) in [6.45, 7) is 15.2. The number of nitrogens with two attached hydrogens (primary N) is 2. The summed E-state index contributed by atoms with van der Waals surface area (Å²) in [5, 5.41) is 36.0. The first-order valence-corrected chi connectivity index (χ1v) is 13.3. The number of carbonyl (C=O) groups excluding carboxylic acids is 3. The van der Waals surface area contributed by atoms with E-state index in [-0.39, 0.29) is 50.5 Å². The summed E-state index contributed by atoms with van der Waals surface area (Å²) in [4.78, 5) is 37.8. The molecular formula is C28H50N6O4. The molecule has 38 heavy (non-hydrogen) atoms. The molecule has 4 atom stereocenters. The van der Waals surface area contributed by atoms with Crippen molar-refractivity contribution < 1.29 is 19.5 Å². The number of hydrogen-bond acceptors (Lipinski definition) is 7. The highest BCUT2D eigenvalue weighted by molar-refractivity contribution is 5.83. The van der Waals surface area contributed by atoms with Crippen LogP contribution >= 0.6 is 0 Å². The molecule has 0 aliphatic heterocycles. The van der Waals surface area contributed by atoms with E-state index in [2.05, 4.69) is 22.8 Å². The van der Waals surface area contributed by atoms with Crippen molar-refractivity contribution in [3.63, 3.8) is 0 Å². The van der Waals surface area contributed by atoms with Crippen LogP contribution in [0, 0.1) is 49.7 Å². The maximum atomic E-state index is 13.9. The highest BCUT2D eigenvalue weighted by Gasteiger charge is 2.60. The van der Waals surface area contributed by atoms with Gasteiger partial charge in [0.15, 0.2) is 0 Å². The second kappa shape index (κ2) is 13.9. The van der Waals surface area contributed by atoms with Crippen molar-refractivity contribution in [2.24, 2.45) is 38.5 Å². The van der Waals surface area contributed by atoms with Crippen molar-refractivity contribution >= 4 is 17.7 Å². The molecule has 0 bridgehead atoms. The van der Waals surface area contributed by atoms with Gasteiger partial charge in [-0.05, 0) is 63.8 Å². The van der Waals surface area contributed by atoms with Gasteiger partial charge in [0.25, 0.3) is 0 Å². The molecule has 0 rings (SSSR count). The Hall–Kier alpha value is -2.69. The molecule has 3 amide bonds. The lowest BCUT2D eigenvalue weighted by Gasteiger charge is -2.55. The molecule has 0 saturated carbocycles. The molecule has 0 aromatic rings. The second-order valence-corrected chi connectivity index (χ2v) is 12.4. The standard InChI is InChI=1S/C28H50N6O4/c1-20(35)16-34-23(38)28(8,17-24(2,3)26(6,18-30)12-10-21(32)36)25(4,5)27(7,19-31)13-11-22(37)33-15-9-14-29/h20,35H,9-17,29H2,1-8H3,(H2,32,36)(H,33,37)(H,34,38). The van der Waals surface area contributed by atoms with Crippen LogP contribution in [0.4, 0.5) is 0 Å². The van der Waals surface area contributed by atoms with Gasteiger partial charge in [0.1, 0.15) is 0 Å². The molecule has 0 spiro atoms. The van der Waals surface area contributed by atoms with E-state index in [0.29, 0.717) is 19.5 Å². The Kier molecular flexibility index (Phi) is 12.9. The predicted molar refractivity (Wildman–Crippen MR) is 147 cm³/mol. The van der Waals surface area contributed by atoms with Crippen LogP contribution in [0.3, 0.4) is 0 Å². The maximum absolute atomic E-state index is 13.9. The lowest BCUT2D eigenvalue weighted by molar-refractivity contribution is -0.149. The van der Waals surface area contributed by atoms with Gasteiger partial charge >= 0.3 is 0 Å². The number of hydrogen-bond donors (Lipinski definition) is 5. The molecule has 10 nitrogen and oxygen atoms in total. The van der Waals surface area contributed by atoms with E-state index < -0.39 is 39.1 Å². The summed E-state index contributed by atoms with van der Waals surface area (Å²) >= 11 is 0. The Balaban J connectivity index is 6.52. The van der Waals surface area contributed by atoms with Crippen molar-refractivity contribution in [2.45, 2.75) is 100 Å². The first kappa shape index (κ1) is 35.3. The van der Waals surface area contributed by atoms with E-state index in [1.165, 1.54) is 0 Å². The van der Waals surface area contributed by atoms with Gasteiger partial charge in [-0.2, -0.15) is 10.5 Å². The molecular weight excluding hydrogens is 484 g/mol. The Bertz CT molecular complexity index is 919. The molecule has 0 aliphatic carbocycles. The molecule has 0 radical (unpaired) electrons. The zero-order valence-corrected chi connectivity index (χ0v) is 24.7. The quantitative estimate of drug-likeness (QED) is 0.177. The van der Waals surface area contributed by atoms with Crippen LogP contribution < -0.4 is 22.1 Å². The highest BCUT2D eigenvalue weighted by Crippen LogP contribution is 2.60. The lowest BCUT2D eigenvalue weighted by Crippen LogP contribution is -2.58. The summed E-state index contributed by atoms with van der Waals surface area (Å²) in [6, 6.07) is 4.74. The third kappa shape index (κ3) is 8.41. The number of carbonyl (C=O) groups is 3. The number of rotatable bonds is 17. The SMILES string of the molecule is CC(O)CNC(=O)C(C)(CC(C)(C)C(C)(C#N)CCC(N)=O)C(C)(C)C(C)(C#N)CCC(=O)NCCCN. The molecule has 0 aliphatic rings. The highest BCUT2D eigenvalue weighted by atomic mass is 16.3. The average molecular weight is 535 g/mol. The van der Waals surface area contributed by atoms with Gasteiger partial charge in [-0.3, -0.25) is 14.4 Å². The van der Waals surface area contributed by atoms with E-state index in [1.807, 2.05) is 27.7 Å². The Morgan fingerprint density at radius 1 is 0.921 bits per heavy atom. The van der Waals surface area contributed by atoms with E-state index >= 15 is 0 Å². The molecule has 0 aromatic heterocycles. The van der Waals surface area contributed by atoms with Gasteiger partial charge in [0, 0.05) is 25.9 Å². The summed E-state index contributed by atoms with van der Waals surface area (Å²) in [5.41, 5.74) is 5.75. The largest absolute Gasteiger partial charge is 0.392 e. The van der Waals surface area contributed by atoms with E-state index in [0.717, 1.165) is 0 Å². The summed E-state index contributed by atoms with van der Waals surface area (Å²) in [5.74, 6) is -1.07. The number of nitrogens with zero attached hydrogens (tertiary/aromatic N) is 2. The molecule has 216 valence electrons. The minimum atomic E-state index is -1.21. The number of nitriles is 2. The molecule has 0 aromatic carbocycles. The van der Waals surface area contributed by atoms with Gasteiger partial charge in [0.05, 0.1) is 34.5 Å². The van der Waals surface area contributed by atoms with Crippen molar-refractivity contribution in [3.05, 3.63) is 0 Å². The summed E-state index contributed by atoms with van der Waals surface area (Å²) in [6.07, 6.45) is 0.618. The normalized spacial score (nSPS) is 17.5. The van der Waals surface area contributed by atoms with Gasteiger partial charge in [-0.1, -0.05) is 34.6 Å². The lowest BCUT2D eigenvalue weighted by atomic mass is 9.47. The van der Waals surface area contributed by atoms with Crippen molar-refractivity contribution in [3.8, 4) is 12.1 Å². The number of aliphatic hydroxyl groups excluding tert-OH is 1. The molecule has 10 heteroatoms. The zero-order valence-electron chi connectivity index (χ0n) is 24.7. The smallest absolute Gasteiger partial charge is 0.226 e. The molecule has 7 N–H and O–H groups in total. The third-order valence-corrected chi connectivity index (χ3v) is 9.03. The van der Waals surface area contributed by atoms with E-state index in [9.17, 15) is 30.0 Å². The number of nitrogens with one attached hydrogen (secondary N) is 2. The zero-order chi connectivity index (χ0) is 30.0. The van der Waals surface area contributed by atoms with Crippen LogP contribution in [0.5, 0.6) is 0 Å². The number of aliphatic hydroxyl groups is 1. The minimum absolute atomic E-state index is 0.0228. The topological polar surface area (TPSA) is 195 Å². The second-order valence-electron chi connectivity index (χ2n) is 12.4. The van der Waals surface area contributed by atoms with Gasteiger partial charge in [0.2, 0.25) is 17.7 Å². The fourth-order valence-corrected chi connectivity index (χ4v) is 4.92. The van der Waals surface area contributed by atoms with Gasteiger partial charge in [-0.25, -0.2) is 0 Å². The van der Waals surface area contributed by atoms with Gasteiger partial charge in [-0.15, -0.1) is 0 Å². The third-order valence-electron chi connectivity index (χ3n) is 9.03. The van der Waals surface area contributed by atoms with Crippen LogP contribution in [0.15, 0.2) is 0 Å². The van der Waals surface area contributed by atoms with E-state index in [4.69, 9.17) is 11.5 Å². The van der Waals surface area contributed by atoms with Crippen LogP contribution in [0.1, 0.15) is 93.9 Å². The van der Waals surface area contributed by atoms with Crippen molar-refractivity contribution in [1.82, 2.24) is 10.6 Å². The Morgan fingerprint density at radius 2 is 1.45 bits per heavy atom. The summed E-state index contributed by atoms with van der Waals surface area (Å²) in [7, 11) is 0. The Morgan fingerprint density at radius 3 is 1.89 bits per heavy atom. The monoisotopic (exact) mass is 534 g/mol. The van der Waals surface area contributed by atoms with Crippen LogP contribution in [0.2, 0.25) is 0 Å². The van der Waals surface area contributed by atoms with E-state index in [1.54, 1.807) is 27.7 Å². The fraction of sp³-hybridized carbons (Fsp3) is 0.821. The van der Waals surface area contributed by atoms with Gasteiger partial charge < -0.3 is 27.2 Å². The molecule has 0 fully saturated rings. The Labute approximate surface area is 228 Å².